The normalized spacial score (nSPS) is 55.2. The van der Waals surface area contributed by atoms with Gasteiger partial charge in [0, 0.05) is 11.8 Å². The average Bonchev–Trinajstić information content (AvgIpc) is 2.73. The van der Waals surface area contributed by atoms with Crippen LogP contribution in [0.5, 0.6) is 0 Å². The molecule has 0 saturated heterocycles. The van der Waals surface area contributed by atoms with Crippen LogP contribution in [0.25, 0.3) is 0 Å². The van der Waals surface area contributed by atoms with Gasteiger partial charge in [0.1, 0.15) is 12.1 Å². The molecule has 0 heterocycles. The monoisotopic (exact) mass is 278 g/mol. The predicted molar refractivity (Wildman–Crippen MR) is 76.1 cm³/mol. The largest absolute Gasteiger partial charge is 0.392 e. The zero-order chi connectivity index (χ0) is 14.8. The van der Waals surface area contributed by atoms with Crippen LogP contribution < -0.4 is 0 Å². The molecule has 0 aliphatic heterocycles. The first-order valence-electron chi connectivity index (χ1n) is 7.98. The van der Waals surface area contributed by atoms with Gasteiger partial charge in [-0.3, -0.25) is 4.79 Å². The molecule has 0 aromatic heterocycles. The number of Topliss-reactive ketones (excluding diaryl/α,β-unsaturated/α-hetero) is 1. The van der Waals surface area contributed by atoms with Gasteiger partial charge in [0.15, 0.2) is 0 Å². The highest BCUT2D eigenvalue weighted by Gasteiger charge is 2.67. The summed E-state index contributed by atoms with van der Waals surface area (Å²) in [6.45, 7) is 6.25. The van der Waals surface area contributed by atoms with E-state index >= 15 is 0 Å². The van der Waals surface area contributed by atoms with E-state index in [1.54, 1.807) is 0 Å². The Morgan fingerprint density at radius 3 is 2.50 bits per heavy atom. The zero-order valence-corrected chi connectivity index (χ0v) is 12.8. The fraction of sp³-hybridized carbons (Fsp3) is 0.882. The number of ketones is 1. The van der Waals surface area contributed by atoms with E-state index in [0.29, 0.717) is 24.5 Å². The van der Waals surface area contributed by atoms with E-state index in [9.17, 15) is 14.7 Å². The van der Waals surface area contributed by atoms with Gasteiger partial charge in [-0.05, 0) is 49.4 Å². The van der Waals surface area contributed by atoms with Crippen molar-refractivity contribution in [1.82, 2.24) is 0 Å². The Morgan fingerprint density at radius 2 is 1.85 bits per heavy atom. The molecule has 3 saturated carbocycles. The summed E-state index contributed by atoms with van der Waals surface area (Å²) in [5.74, 6) is 0.987. The van der Waals surface area contributed by atoms with Crippen LogP contribution in [-0.4, -0.2) is 23.3 Å². The number of aliphatic hydroxyl groups is 1. The predicted octanol–water partition coefficient (Wildman–Crippen LogP) is 2.75. The average molecular weight is 278 g/mol. The van der Waals surface area contributed by atoms with E-state index in [-0.39, 0.29) is 16.7 Å². The molecule has 6 atom stereocenters. The second kappa shape index (κ2) is 4.16. The van der Waals surface area contributed by atoms with Gasteiger partial charge < -0.3 is 9.90 Å². The van der Waals surface area contributed by atoms with Crippen LogP contribution in [0.4, 0.5) is 0 Å². The van der Waals surface area contributed by atoms with Crippen LogP contribution in [0.15, 0.2) is 0 Å². The lowest BCUT2D eigenvalue weighted by atomic mass is 9.41. The number of carbonyl (C=O) groups excluding carboxylic acids is 2. The molecule has 0 radical (unpaired) electrons. The number of hydrogen-bond donors (Lipinski definition) is 1. The van der Waals surface area contributed by atoms with Crippen LogP contribution in [0, 0.1) is 28.1 Å². The van der Waals surface area contributed by atoms with E-state index < -0.39 is 11.5 Å². The summed E-state index contributed by atoms with van der Waals surface area (Å²) in [5, 5.41) is 10.4. The third-order valence-electron chi connectivity index (χ3n) is 7.53. The van der Waals surface area contributed by atoms with Crippen molar-refractivity contribution >= 4 is 12.1 Å². The van der Waals surface area contributed by atoms with Crippen molar-refractivity contribution in [2.45, 2.75) is 65.4 Å². The third-order valence-corrected chi connectivity index (χ3v) is 7.53. The number of fused-ring (bicyclic) bond motifs is 3. The van der Waals surface area contributed by atoms with Crippen molar-refractivity contribution in [2.24, 2.45) is 28.1 Å². The third kappa shape index (κ3) is 1.40. The molecule has 0 amide bonds. The number of aldehydes is 1. The molecule has 3 unspecified atom stereocenters. The first-order valence-corrected chi connectivity index (χ1v) is 7.98. The van der Waals surface area contributed by atoms with Crippen molar-refractivity contribution in [3.63, 3.8) is 0 Å². The highest BCUT2D eigenvalue weighted by molar-refractivity contribution is 5.88. The summed E-state index contributed by atoms with van der Waals surface area (Å²) in [5.41, 5.74) is -1.12. The van der Waals surface area contributed by atoms with Crippen molar-refractivity contribution in [3.8, 4) is 0 Å². The van der Waals surface area contributed by atoms with Crippen LogP contribution in [0.2, 0.25) is 0 Å². The molecule has 3 aliphatic rings. The van der Waals surface area contributed by atoms with Crippen molar-refractivity contribution < 1.29 is 14.7 Å². The van der Waals surface area contributed by atoms with Crippen molar-refractivity contribution in [3.05, 3.63) is 0 Å². The van der Waals surface area contributed by atoms with E-state index in [4.69, 9.17) is 0 Å². The first-order chi connectivity index (χ1) is 9.30. The van der Waals surface area contributed by atoms with E-state index in [1.165, 1.54) is 0 Å². The SMILES string of the molecule is CC1(C=O)C2CCC3CCC(=O)[C@]3(C)[C@@]2(C)CC[C@@H]1O. The van der Waals surface area contributed by atoms with Gasteiger partial charge in [0.05, 0.1) is 11.5 Å². The molecule has 0 aromatic carbocycles. The Kier molecular flexibility index (Phi) is 2.96. The summed E-state index contributed by atoms with van der Waals surface area (Å²) in [6, 6.07) is 0. The highest BCUT2D eigenvalue weighted by Crippen LogP contribution is 2.68. The Labute approximate surface area is 121 Å². The standard InChI is InChI=1S/C17H26O3/c1-15(10-18)12-6-4-11-5-7-14(20)17(11,3)16(12,2)9-8-13(15)19/h10-13,19H,4-9H2,1-3H3/t11?,12?,13-,15?,16-,17+/m0/s1. The molecular weight excluding hydrogens is 252 g/mol. The number of hydrogen-bond acceptors (Lipinski definition) is 3. The van der Waals surface area contributed by atoms with Crippen LogP contribution in [0.3, 0.4) is 0 Å². The summed E-state index contributed by atoms with van der Waals surface area (Å²) in [4.78, 5) is 24.3. The smallest absolute Gasteiger partial charge is 0.139 e. The first kappa shape index (κ1) is 14.2. The Balaban J connectivity index is 2.10. The van der Waals surface area contributed by atoms with Gasteiger partial charge in [-0.25, -0.2) is 0 Å². The van der Waals surface area contributed by atoms with Crippen LogP contribution in [-0.2, 0) is 9.59 Å². The van der Waals surface area contributed by atoms with Gasteiger partial charge in [0.25, 0.3) is 0 Å². The summed E-state index contributed by atoms with van der Waals surface area (Å²) >= 11 is 0. The highest BCUT2D eigenvalue weighted by atomic mass is 16.3. The van der Waals surface area contributed by atoms with Gasteiger partial charge in [-0.2, -0.15) is 0 Å². The minimum Gasteiger partial charge on any atom is -0.392 e. The van der Waals surface area contributed by atoms with Gasteiger partial charge in [-0.15, -0.1) is 0 Å². The van der Waals surface area contributed by atoms with E-state index in [1.807, 2.05) is 6.92 Å². The molecule has 3 heteroatoms. The quantitative estimate of drug-likeness (QED) is 0.750. The summed E-state index contributed by atoms with van der Waals surface area (Å²) < 4.78 is 0. The summed E-state index contributed by atoms with van der Waals surface area (Å²) in [6.07, 6.45) is 5.60. The molecule has 0 aromatic rings. The Bertz CT molecular complexity index is 459. The molecule has 20 heavy (non-hydrogen) atoms. The van der Waals surface area contributed by atoms with Crippen LogP contribution in [0.1, 0.15) is 59.3 Å². The fourth-order valence-electron chi connectivity index (χ4n) is 5.92. The van der Waals surface area contributed by atoms with Crippen molar-refractivity contribution in [2.75, 3.05) is 0 Å². The number of aliphatic hydroxyl groups excluding tert-OH is 1. The summed E-state index contributed by atoms with van der Waals surface area (Å²) in [7, 11) is 0. The molecule has 3 fully saturated rings. The molecule has 3 aliphatic carbocycles. The molecule has 1 N–H and O–H groups in total. The van der Waals surface area contributed by atoms with E-state index in [0.717, 1.165) is 32.0 Å². The molecule has 0 bridgehead atoms. The number of rotatable bonds is 1. The topological polar surface area (TPSA) is 54.4 Å². The van der Waals surface area contributed by atoms with E-state index in [2.05, 4.69) is 13.8 Å². The minimum absolute atomic E-state index is 0.125. The van der Waals surface area contributed by atoms with Crippen molar-refractivity contribution in [1.29, 1.82) is 0 Å². The second-order valence-electron chi connectivity index (χ2n) is 7.95. The Hall–Kier alpha value is -0.700. The molecule has 3 nitrogen and oxygen atoms in total. The molecule has 3 rings (SSSR count). The zero-order valence-electron chi connectivity index (χ0n) is 12.8. The maximum absolute atomic E-state index is 12.6. The fourth-order valence-corrected chi connectivity index (χ4v) is 5.92. The minimum atomic E-state index is -0.691. The van der Waals surface area contributed by atoms with Crippen LogP contribution >= 0.6 is 0 Å². The second-order valence-corrected chi connectivity index (χ2v) is 7.95. The van der Waals surface area contributed by atoms with Gasteiger partial charge in [0.2, 0.25) is 0 Å². The maximum Gasteiger partial charge on any atom is 0.139 e. The molecular formula is C17H26O3. The van der Waals surface area contributed by atoms with Gasteiger partial charge >= 0.3 is 0 Å². The molecule has 0 spiro atoms. The lowest BCUT2D eigenvalue weighted by Gasteiger charge is -2.62. The maximum atomic E-state index is 12.6. The lowest BCUT2D eigenvalue weighted by Crippen LogP contribution is -2.62. The lowest BCUT2D eigenvalue weighted by molar-refractivity contribution is -0.186. The number of carbonyl (C=O) groups is 2. The Morgan fingerprint density at radius 1 is 1.15 bits per heavy atom. The molecule has 112 valence electrons. The van der Waals surface area contributed by atoms with Gasteiger partial charge in [-0.1, -0.05) is 20.8 Å².